The molecule has 0 N–H and O–H groups in total. The standard InChI is InChI=1S/C21H22N4O2/c1-14-4-3-5-17(12-14)21(26)25-10-8-16(9-11-25)19-23-24-20(27-19)18-7-6-15(2)22-13-18/h3-7,12-13,16H,8-11H2,1-2H3. The van der Waals surface area contributed by atoms with Gasteiger partial charge in [0.15, 0.2) is 0 Å². The molecule has 0 atom stereocenters. The van der Waals surface area contributed by atoms with Crippen molar-refractivity contribution in [3.05, 3.63) is 65.3 Å². The van der Waals surface area contributed by atoms with Crippen LogP contribution in [0.25, 0.3) is 11.5 Å². The number of pyridine rings is 1. The van der Waals surface area contributed by atoms with Crippen LogP contribution in [0.5, 0.6) is 0 Å². The van der Waals surface area contributed by atoms with Gasteiger partial charge in [-0.2, -0.15) is 0 Å². The molecule has 27 heavy (non-hydrogen) atoms. The SMILES string of the molecule is Cc1cccc(C(=O)N2CCC(c3nnc(-c4ccc(C)nc4)o3)CC2)c1. The molecule has 0 aliphatic carbocycles. The number of amides is 1. The van der Waals surface area contributed by atoms with Gasteiger partial charge in [-0.25, -0.2) is 0 Å². The van der Waals surface area contributed by atoms with Crippen LogP contribution in [0.1, 0.15) is 46.3 Å². The van der Waals surface area contributed by atoms with Crippen molar-refractivity contribution in [2.24, 2.45) is 0 Å². The van der Waals surface area contributed by atoms with Crippen LogP contribution in [0.3, 0.4) is 0 Å². The van der Waals surface area contributed by atoms with Gasteiger partial charge in [-0.1, -0.05) is 17.7 Å². The molecule has 6 heteroatoms. The molecule has 0 radical (unpaired) electrons. The fourth-order valence-corrected chi connectivity index (χ4v) is 3.40. The number of hydrogen-bond acceptors (Lipinski definition) is 5. The maximum Gasteiger partial charge on any atom is 0.253 e. The molecule has 1 aliphatic rings. The van der Waals surface area contributed by atoms with Crippen molar-refractivity contribution in [2.45, 2.75) is 32.6 Å². The van der Waals surface area contributed by atoms with E-state index < -0.39 is 0 Å². The number of rotatable bonds is 3. The van der Waals surface area contributed by atoms with Gasteiger partial charge < -0.3 is 9.32 Å². The maximum absolute atomic E-state index is 12.7. The number of piperidine rings is 1. The Morgan fingerprint density at radius 1 is 1.11 bits per heavy atom. The molecule has 0 spiro atoms. The summed E-state index contributed by atoms with van der Waals surface area (Å²) in [4.78, 5) is 18.9. The van der Waals surface area contributed by atoms with Crippen LogP contribution < -0.4 is 0 Å². The summed E-state index contributed by atoms with van der Waals surface area (Å²) < 4.78 is 5.88. The van der Waals surface area contributed by atoms with Gasteiger partial charge in [0.25, 0.3) is 5.91 Å². The zero-order valence-electron chi connectivity index (χ0n) is 15.6. The first-order valence-electron chi connectivity index (χ1n) is 9.22. The molecule has 1 fully saturated rings. The van der Waals surface area contributed by atoms with E-state index in [1.165, 1.54) is 0 Å². The largest absolute Gasteiger partial charge is 0.420 e. The predicted molar refractivity (Wildman–Crippen MR) is 101 cm³/mol. The number of aromatic nitrogens is 3. The summed E-state index contributed by atoms with van der Waals surface area (Å²) in [5, 5.41) is 8.40. The Kier molecular flexibility index (Phi) is 4.71. The number of aryl methyl sites for hydroxylation is 2. The zero-order valence-corrected chi connectivity index (χ0v) is 15.6. The summed E-state index contributed by atoms with van der Waals surface area (Å²) >= 11 is 0. The minimum absolute atomic E-state index is 0.0918. The molecule has 0 bridgehead atoms. The lowest BCUT2D eigenvalue weighted by Crippen LogP contribution is -2.38. The highest BCUT2D eigenvalue weighted by Crippen LogP contribution is 2.29. The average Bonchev–Trinajstić information content (AvgIpc) is 3.18. The second kappa shape index (κ2) is 7.31. The number of carbonyl (C=O) groups is 1. The zero-order chi connectivity index (χ0) is 18.8. The lowest BCUT2D eigenvalue weighted by molar-refractivity contribution is 0.0706. The highest BCUT2D eigenvalue weighted by Gasteiger charge is 2.28. The third-order valence-corrected chi connectivity index (χ3v) is 5.00. The molecule has 138 valence electrons. The first-order valence-corrected chi connectivity index (χ1v) is 9.22. The molecule has 0 saturated carbocycles. The molecule has 0 unspecified atom stereocenters. The number of hydrogen-bond donors (Lipinski definition) is 0. The summed E-state index contributed by atoms with van der Waals surface area (Å²) in [5.74, 6) is 1.42. The molecular weight excluding hydrogens is 340 g/mol. The summed E-state index contributed by atoms with van der Waals surface area (Å²) in [6, 6.07) is 11.6. The van der Waals surface area contributed by atoms with Crippen molar-refractivity contribution >= 4 is 5.91 Å². The minimum Gasteiger partial charge on any atom is -0.420 e. The first kappa shape index (κ1) is 17.4. The van der Waals surface area contributed by atoms with E-state index in [0.717, 1.165) is 35.2 Å². The Balaban J connectivity index is 1.41. The van der Waals surface area contributed by atoms with Crippen LogP contribution in [0.4, 0.5) is 0 Å². The average molecular weight is 362 g/mol. The summed E-state index contributed by atoms with van der Waals surface area (Å²) in [6.07, 6.45) is 3.40. The van der Waals surface area contributed by atoms with E-state index in [2.05, 4.69) is 15.2 Å². The van der Waals surface area contributed by atoms with E-state index in [9.17, 15) is 4.79 Å². The van der Waals surface area contributed by atoms with E-state index in [1.807, 2.05) is 55.1 Å². The molecule has 1 saturated heterocycles. The Morgan fingerprint density at radius 2 is 1.93 bits per heavy atom. The smallest absolute Gasteiger partial charge is 0.253 e. The molecule has 1 aromatic carbocycles. The lowest BCUT2D eigenvalue weighted by Gasteiger charge is -2.30. The van der Waals surface area contributed by atoms with Crippen LogP contribution in [0.2, 0.25) is 0 Å². The molecular formula is C21H22N4O2. The third-order valence-electron chi connectivity index (χ3n) is 5.00. The van der Waals surface area contributed by atoms with E-state index in [0.29, 0.717) is 24.9 Å². The van der Waals surface area contributed by atoms with E-state index >= 15 is 0 Å². The van der Waals surface area contributed by atoms with Gasteiger partial charge in [-0.15, -0.1) is 10.2 Å². The summed E-state index contributed by atoms with van der Waals surface area (Å²) in [5.41, 5.74) is 3.62. The van der Waals surface area contributed by atoms with Gasteiger partial charge in [0.1, 0.15) is 0 Å². The number of carbonyl (C=O) groups excluding carboxylic acids is 1. The topological polar surface area (TPSA) is 72.1 Å². The van der Waals surface area contributed by atoms with E-state index in [1.54, 1.807) is 6.20 Å². The quantitative estimate of drug-likeness (QED) is 0.709. The van der Waals surface area contributed by atoms with Gasteiger partial charge in [0.05, 0.1) is 5.56 Å². The minimum atomic E-state index is 0.0918. The van der Waals surface area contributed by atoms with Crippen molar-refractivity contribution < 1.29 is 9.21 Å². The Morgan fingerprint density at radius 3 is 2.63 bits per heavy atom. The van der Waals surface area contributed by atoms with Crippen molar-refractivity contribution in [3.63, 3.8) is 0 Å². The number of likely N-dealkylation sites (tertiary alicyclic amines) is 1. The van der Waals surface area contributed by atoms with Crippen molar-refractivity contribution in [1.82, 2.24) is 20.1 Å². The van der Waals surface area contributed by atoms with Crippen LogP contribution >= 0.6 is 0 Å². The first-order chi connectivity index (χ1) is 13.1. The van der Waals surface area contributed by atoms with Gasteiger partial charge in [-0.3, -0.25) is 9.78 Å². The third kappa shape index (κ3) is 3.74. The van der Waals surface area contributed by atoms with Gasteiger partial charge in [0.2, 0.25) is 11.8 Å². The van der Waals surface area contributed by atoms with Gasteiger partial charge in [-0.05, 0) is 51.0 Å². The van der Waals surface area contributed by atoms with Crippen molar-refractivity contribution in [2.75, 3.05) is 13.1 Å². The Bertz CT molecular complexity index is 941. The molecule has 4 rings (SSSR count). The van der Waals surface area contributed by atoms with E-state index in [4.69, 9.17) is 4.42 Å². The molecule has 6 nitrogen and oxygen atoms in total. The summed E-state index contributed by atoms with van der Waals surface area (Å²) in [6.45, 7) is 5.33. The fraction of sp³-hybridized carbons (Fsp3) is 0.333. The normalized spacial score (nSPS) is 15.1. The van der Waals surface area contributed by atoms with Crippen molar-refractivity contribution in [3.8, 4) is 11.5 Å². The second-order valence-electron chi connectivity index (χ2n) is 7.07. The molecule has 2 aromatic heterocycles. The molecule has 3 heterocycles. The summed E-state index contributed by atoms with van der Waals surface area (Å²) in [7, 11) is 0. The predicted octanol–water partition coefficient (Wildman–Crippen LogP) is 3.77. The van der Waals surface area contributed by atoms with Crippen LogP contribution in [-0.2, 0) is 0 Å². The highest BCUT2D eigenvalue weighted by atomic mass is 16.4. The van der Waals surface area contributed by atoms with Gasteiger partial charge in [0, 0.05) is 36.5 Å². The van der Waals surface area contributed by atoms with Crippen LogP contribution in [0.15, 0.2) is 47.0 Å². The maximum atomic E-state index is 12.7. The number of nitrogens with zero attached hydrogens (tertiary/aromatic N) is 4. The molecule has 3 aromatic rings. The monoisotopic (exact) mass is 362 g/mol. The fourth-order valence-electron chi connectivity index (χ4n) is 3.40. The molecule has 1 aliphatic heterocycles. The van der Waals surface area contributed by atoms with Crippen LogP contribution in [-0.4, -0.2) is 39.1 Å². The highest BCUT2D eigenvalue weighted by molar-refractivity contribution is 5.94. The second-order valence-corrected chi connectivity index (χ2v) is 7.07. The molecule has 1 amide bonds. The Labute approximate surface area is 158 Å². The lowest BCUT2D eigenvalue weighted by atomic mass is 9.96. The van der Waals surface area contributed by atoms with Crippen molar-refractivity contribution in [1.29, 1.82) is 0 Å². The number of benzene rings is 1. The van der Waals surface area contributed by atoms with E-state index in [-0.39, 0.29) is 11.8 Å². The Hall–Kier alpha value is -3.02. The van der Waals surface area contributed by atoms with Gasteiger partial charge >= 0.3 is 0 Å². The van der Waals surface area contributed by atoms with Crippen LogP contribution in [0, 0.1) is 13.8 Å².